The fraction of sp³-hybridized carbons (Fsp3) is 0.500. The number of ether oxygens (including phenoxy) is 3. The summed E-state index contributed by atoms with van der Waals surface area (Å²) in [4.78, 5) is 33.5. The minimum absolute atomic E-state index is 0.0126. The first kappa shape index (κ1) is 17.9. The number of hydrogen-bond acceptors (Lipinski definition) is 6. The van der Waals surface area contributed by atoms with Crippen molar-refractivity contribution in [2.24, 2.45) is 0 Å². The molecule has 2 unspecified atom stereocenters. The Bertz CT molecular complexity index is 616. The molecule has 8 heteroatoms. The lowest BCUT2D eigenvalue weighted by Gasteiger charge is -2.11. The van der Waals surface area contributed by atoms with Crippen LogP contribution in [-0.2, 0) is 23.8 Å². The second kappa shape index (κ2) is 8.39. The van der Waals surface area contributed by atoms with Crippen molar-refractivity contribution < 1.29 is 38.3 Å². The van der Waals surface area contributed by atoms with Crippen LogP contribution in [-0.4, -0.2) is 42.8 Å². The smallest absolute Gasteiger partial charge is 0.341 e. The van der Waals surface area contributed by atoms with E-state index in [1.54, 1.807) is 16.8 Å². The Hall–Kier alpha value is -2.48. The predicted octanol–water partition coefficient (Wildman–Crippen LogP) is 0.846. The summed E-state index contributed by atoms with van der Waals surface area (Å²) in [5, 5.41) is 9.01. The van der Waals surface area contributed by atoms with E-state index in [0.717, 1.165) is 0 Å². The highest BCUT2D eigenvalue weighted by Crippen LogP contribution is 2.24. The Morgan fingerprint density at radius 2 is 2.04 bits per heavy atom. The number of hydrogen-bond donors (Lipinski definition) is 1. The third kappa shape index (κ3) is 5.02. The largest absolute Gasteiger partial charge is 0.477 e. The normalized spacial score (nSPS) is 19.7. The maximum Gasteiger partial charge on any atom is 0.341 e. The van der Waals surface area contributed by atoms with Gasteiger partial charge in [-0.3, -0.25) is 9.59 Å². The number of carboxylic acids is 1. The highest BCUT2D eigenvalue weighted by Gasteiger charge is 2.33. The summed E-state index contributed by atoms with van der Waals surface area (Å²) < 4.78 is 17.0. The summed E-state index contributed by atoms with van der Waals surface area (Å²) in [5.41, 5.74) is 0.179. The standard InChI is InChI=1S/C16H19NO7/c1-22-14(18)6-7-15(19)23-10-12-4-5-13(24-12)17-8-2-3-11(9-17)16(20)21/h2-3,8-9,12-13H,4-7,10H2,1H3/p+1. The van der Waals surface area contributed by atoms with Crippen molar-refractivity contribution in [3.05, 3.63) is 30.1 Å². The molecule has 1 N–H and O–H groups in total. The summed E-state index contributed by atoms with van der Waals surface area (Å²) in [5.74, 6) is -1.94. The molecule has 0 aromatic carbocycles. The SMILES string of the molecule is COC(=O)CCC(=O)OCC1CCC([n+]2cccc(C(=O)O)c2)O1. The number of carboxylic acid groups (broad SMARTS) is 1. The summed E-state index contributed by atoms with van der Waals surface area (Å²) in [6, 6.07) is 3.15. The van der Waals surface area contributed by atoms with Crippen molar-refractivity contribution >= 4 is 17.9 Å². The highest BCUT2D eigenvalue weighted by molar-refractivity contribution is 5.86. The van der Waals surface area contributed by atoms with Crippen molar-refractivity contribution in [1.82, 2.24) is 0 Å². The van der Waals surface area contributed by atoms with Gasteiger partial charge in [0, 0.05) is 12.5 Å². The number of pyridine rings is 1. The average Bonchev–Trinajstić information content (AvgIpc) is 3.07. The quantitative estimate of drug-likeness (QED) is 0.580. The average molecular weight is 338 g/mol. The minimum atomic E-state index is -1.00. The van der Waals surface area contributed by atoms with Gasteiger partial charge in [-0.05, 0) is 12.5 Å². The van der Waals surface area contributed by atoms with Gasteiger partial charge in [-0.25, -0.2) is 4.79 Å². The number of carbonyl (C=O) groups excluding carboxylic acids is 2. The Balaban J connectivity index is 1.79. The molecule has 1 aliphatic rings. The van der Waals surface area contributed by atoms with Crippen LogP contribution in [0.15, 0.2) is 24.5 Å². The van der Waals surface area contributed by atoms with E-state index in [9.17, 15) is 14.4 Å². The van der Waals surface area contributed by atoms with Gasteiger partial charge in [-0.15, -0.1) is 0 Å². The minimum Gasteiger partial charge on any atom is -0.477 e. The number of aromatic nitrogens is 1. The monoisotopic (exact) mass is 338 g/mol. The van der Waals surface area contributed by atoms with E-state index in [2.05, 4.69) is 4.74 Å². The molecular weight excluding hydrogens is 318 g/mol. The maximum atomic E-state index is 11.5. The van der Waals surface area contributed by atoms with E-state index in [1.807, 2.05) is 0 Å². The fourth-order valence-corrected chi connectivity index (χ4v) is 2.39. The molecule has 2 rings (SSSR count). The number of nitrogens with zero attached hydrogens (tertiary/aromatic N) is 1. The lowest BCUT2D eigenvalue weighted by Crippen LogP contribution is -2.40. The topological polar surface area (TPSA) is 103 Å². The van der Waals surface area contributed by atoms with Gasteiger partial charge in [0.25, 0.3) is 6.23 Å². The van der Waals surface area contributed by atoms with E-state index in [4.69, 9.17) is 14.6 Å². The van der Waals surface area contributed by atoms with Crippen LogP contribution < -0.4 is 4.57 Å². The zero-order chi connectivity index (χ0) is 17.5. The van der Waals surface area contributed by atoms with Gasteiger partial charge in [0.05, 0.1) is 26.1 Å². The second-order valence-electron chi connectivity index (χ2n) is 5.39. The second-order valence-corrected chi connectivity index (χ2v) is 5.39. The van der Waals surface area contributed by atoms with Crippen molar-refractivity contribution in [2.75, 3.05) is 13.7 Å². The molecule has 1 aliphatic heterocycles. The molecule has 0 saturated carbocycles. The van der Waals surface area contributed by atoms with Crippen LogP contribution in [0.2, 0.25) is 0 Å². The fourth-order valence-electron chi connectivity index (χ4n) is 2.39. The van der Waals surface area contributed by atoms with Crippen molar-refractivity contribution in [3.63, 3.8) is 0 Å². The van der Waals surface area contributed by atoms with Crippen LogP contribution in [0.25, 0.3) is 0 Å². The summed E-state index contributed by atoms with van der Waals surface area (Å²) in [6.07, 6.45) is 4.05. The van der Waals surface area contributed by atoms with Crippen LogP contribution in [0.5, 0.6) is 0 Å². The number of rotatable bonds is 7. The summed E-state index contributed by atoms with van der Waals surface area (Å²) in [6.45, 7) is 0.107. The molecule has 1 aromatic rings. The van der Waals surface area contributed by atoms with Gasteiger partial charge in [0.15, 0.2) is 12.4 Å². The third-order valence-electron chi connectivity index (χ3n) is 3.68. The number of aromatic carboxylic acids is 1. The van der Waals surface area contributed by atoms with Crippen LogP contribution in [0.1, 0.15) is 42.3 Å². The Morgan fingerprint density at radius 3 is 2.75 bits per heavy atom. The molecule has 0 bridgehead atoms. The predicted molar refractivity (Wildman–Crippen MR) is 78.9 cm³/mol. The summed E-state index contributed by atoms with van der Waals surface area (Å²) in [7, 11) is 1.26. The summed E-state index contributed by atoms with van der Waals surface area (Å²) >= 11 is 0. The molecule has 0 spiro atoms. The molecule has 8 nitrogen and oxygen atoms in total. The van der Waals surface area contributed by atoms with Crippen LogP contribution in [0, 0.1) is 0 Å². The van der Waals surface area contributed by atoms with Crippen LogP contribution >= 0.6 is 0 Å². The molecular formula is C16H20NO7+. The Kier molecular flexibility index (Phi) is 6.25. The number of carbonyl (C=O) groups is 3. The Labute approximate surface area is 138 Å². The van der Waals surface area contributed by atoms with E-state index in [0.29, 0.717) is 12.8 Å². The first-order chi connectivity index (χ1) is 11.5. The van der Waals surface area contributed by atoms with Crippen LogP contribution in [0.3, 0.4) is 0 Å². The number of esters is 2. The van der Waals surface area contributed by atoms with E-state index in [-0.39, 0.29) is 37.3 Å². The first-order valence-electron chi connectivity index (χ1n) is 7.61. The molecule has 2 heterocycles. The molecule has 1 aromatic heterocycles. The van der Waals surface area contributed by atoms with Gasteiger partial charge in [-0.1, -0.05) is 0 Å². The molecule has 0 aliphatic carbocycles. The molecule has 1 fully saturated rings. The molecule has 0 radical (unpaired) electrons. The van der Waals surface area contributed by atoms with E-state index < -0.39 is 17.9 Å². The molecule has 2 atom stereocenters. The zero-order valence-electron chi connectivity index (χ0n) is 13.3. The van der Waals surface area contributed by atoms with Gasteiger partial charge >= 0.3 is 17.9 Å². The molecule has 130 valence electrons. The maximum absolute atomic E-state index is 11.5. The lowest BCUT2D eigenvalue weighted by atomic mass is 10.2. The third-order valence-corrected chi connectivity index (χ3v) is 3.68. The van der Waals surface area contributed by atoms with Gasteiger partial charge in [0.2, 0.25) is 0 Å². The van der Waals surface area contributed by atoms with Crippen LogP contribution in [0.4, 0.5) is 0 Å². The van der Waals surface area contributed by atoms with Crippen molar-refractivity contribution in [3.8, 4) is 0 Å². The molecule has 24 heavy (non-hydrogen) atoms. The van der Waals surface area contributed by atoms with E-state index in [1.165, 1.54) is 19.4 Å². The van der Waals surface area contributed by atoms with Crippen molar-refractivity contribution in [1.29, 1.82) is 0 Å². The first-order valence-corrected chi connectivity index (χ1v) is 7.61. The van der Waals surface area contributed by atoms with Gasteiger partial charge in [0.1, 0.15) is 12.2 Å². The van der Waals surface area contributed by atoms with Gasteiger partial charge < -0.3 is 19.3 Å². The highest BCUT2D eigenvalue weighted by atomic mass is 16.6. The Morgan fingerprint density at radius 1 is 1.29 bits per heavy atom. The zero-order valence-corrected chi connectivity index (χ0v) is 13.3. The molecule has 1 saturated heterocycles. The van der Waals surface area contributed by atoms with Gasteiger partial charge in [-0.2, -0.15) is 4.57 Å². The number of methoxy groups -OCH3 is 1. The van der Waals surface area contributed by atoms with E-state index >= 15 is 0 Å². The van der Waals surface area contributed by atoms with Crippen molar-refractivity contribution in [2.45, 2.75) is 38.0 Å². The lowest BCUT2D eigenvalue weighted by molar-refractivity contribution is -0.759. The molecule has 0 amide bonds.